The molecule has 11 heteroatoms. The highest BCUT2D eigenvalue weighted by atomic mass is 19.4. The molecular weight excluding hydrogens is 425 g/mol. The van der Waals surface area contributed by atoms with Crippen LogP contribution in [0.1, 0.15) is 36.0 Å². The van der Waals surface area contributed by atoms with Crippen molar-refractivity contribution in [2.24, 2.45) is 0 Å². The van der Waals surface area contributed by atoms with Crippen LogP contribution in [0.2, 0.25) is 0 Å². The van der Waals surface area contributed by atoms with Crippen LogP contribution >= 0.6 is 0 Å². The average Bonchev–Trinajstić information content (AvgIpc) is 2.65. The summed E-state index contributed by atoms with van der Waals surface area (Å²) >= 11 is 0. The van der Waals surface area contributed by atoms with Crippen molar-refractivity contribution in [1.29, 1.82) is 0 Å². The van der Waals surface area contributed by atoms with Gasteiger partial charge in [0.25, 0.3) is 0 Å². The zero-order valence-electron chi connectivity index (χ0n) is 15.0. The lowest BCUT2D eigenvalue weighted by Crippen LogP contribution is -2.52. The number of ether oxygens (including phenoxy) is 2. The first-order valence-corrected chi connectivity index (χ1v) is 8.62. The van der Waals surface area contributed by atoms with E-state index in [-0.39, 0.29) is 24.0 Å². The smallest absolute Gasteiger partial charge is 0.421 e. The lowest BCUT2D eigenvalue weighted by molar-refractivity contribution is -0.391. The fourth-order valence-electron chi connectivity index (χ4n) is 2.88. The number of halogens is 7. The summed E-state index contributed by atoms with van der Waals surface area (Å²) < 4.78 is 98.9. The molecular formula is C19H13F7O4. The summed E-state index contributed by atoms with van der Waals surface area (Å²) in [6.45, 7) is 0. The number of Topliss-reactive ketones (excluding diaryl/α,β-unsaturated/α-hetero) is 2. The van der Waals surface area contributed by atoms with Crippen molar-refractivity contribution in [2.45, 2.75) is 44.1 Å². The predicted molar refractivity (Wildman–Crippen MR) is 87.6 cm³/mol. The molecule has 0 bridgehead atoms. The fraction of sp³-hybridized carbons (Fsp3) is 0.368. The highest BCUT2D eigenvalue weighted by Gasteiger charge is 2.65. The molecule has 0 radical (unpaired) electrons. The predicted octanol–water partition coefficient (Wildman–Crippen LogP) is 5.38. The van der Waals surface area contributed by atoms with Gasteiger partial charge in [-0.2, -0.15) is 30.7 Å². The molecule has 0 aromatic heterocycles. The van der Waals surface area contributed by atoms with Gasteiger partial charge in [-0.15, -0.1) is 0 Å². The minimum absolute atomic E-state index is 0.0291. The van der Waals surface area contributed by atoms with Crippen LogP contribution in [0, 0.1) is 0 Å². The summed E-state index contributed by atoms with van der Waals surface area (Å²) in [6.07, 6.45) is -13.4. The number of hydrogen-bond donors (Lipinski definition) is 0. The lowest BCUT2D eigenvalue weighted by atomic mass is 9.94. The maximum atomic E-state index is 13.3. The summed E-state index contributed by atoms with van der Waals surface area (Å²) in [4.78, 5) is 24.4. The van der Waals surface area contributed by atoms with Crippen LogP contribution in [-0.4, -0.2) is 30.0 Å². The monoisotopic (exact) mass is 438 g/mol. The number of carbonyl (C=O) groups is 2. The summed E-state index contributed by atoms with van der Waals surface area (Å²) in [5, 5.41) is 0. The molecule has 4 nitrogen and oxygen atoms in total. The Morgan fingerprint density at radius 1 is 0.933 bits per heavy atom. The van der Waals surface area contributed by atoms with E-state index in [1.807, 2.05) is 0 Å². The van der Waals surface area contributed by atoms with Crippen LogP contribution in [-0.2, 0) is 4.79 Å². The normalized spacial score (nSPS) is 19.6. The Bertz CT molecular complexity index is 945. The number of hydrogen-bond acceptors (Lipinski definition) is 4. The van der Waals surface area contributed by atoms with Crippen LogP contribution in [0.3, 0.4) is 0 Å². The van der Waals surface area contributed by atoms with Crippen molar-refractivity contribution in [2.75, 3.05) is 0 Å². The van der Waals surface area contributed by atoms with Crippen LogP contribution in [0.25, 0.3) is 0 Å². The van der Waals surface area contributed by atoms with Gasteiger partial charge in [0.05, 0.1) is 0 Å². The van der Waals surface area contributed by atoms with E-state index in [4.69, 9.17) is 0 Å². The Kier molecular flexibility index (Phi) is 5.42. The quantitative estimate of drug-likeness (QED) is 0.457. The van der Waals surface area contributed by atoms with Crippen molar-refractivity contribution in [3.63, 3.8) is 0 Å². The molecule has 0 saturated heterocycles. The molecule has 162 valence electrons. The van der Waals surface area contributed by atoms with E-state index in [1.165, 1.54) is 6.08 Å². The molecule has 1 aromatic rings. The van der Waals surface area contributed by atoms with Crippen molar-refractivity contribution < 1.29 is 49.8 Å². The number of alkyl halides is 7. The summed E-state index contributed by atoms with van der Waals surface area (Å²) in [6, 6.07) is 2.64. The number of ketones is 2. The Morgan fingerprint density at radius 2 is 1.53 bits per heavy atom. The number of fused-ring (bicyclic) bond motifs is 1. The van der Waals surface area contributed by atoms with Gasteiger partial charge in [0.2, 0.25) is 0 Å². The molecule has 0 fully saturated rings. The van der Waals surface area contributed by atoms with Crippen LogP contribution in [0.5, 0.6) is 11.5 Å². The Balaban J connectivity index is 1.67. The van der Waals surface area contributed by atoms with Gasteiger partial charge in [-0.3, -0.25) is 9.59 Å². The van der Waals surface area contributed by atoms with Crippen LogP contribution < -0.4 is 9.47 Å². The van der Waals surface area contributed by atoms with Crippen LogP contribution in [0.4, 0.5) is 30.7 Å². The second-order valence-electron chi connectivity index (χ2n) is 6.61. The molecule has 0 saturated carbocycles. The van der Waals surface area contributed by atoms with E-state index >= 15 is 0 Å². The molecule has 0 N–H and O–H groups in total. The van der Waals surface area contributed by atoms with E-state index in [9.17, 15) is 40.3 Å². The van der Waals surface area contributed by atoms with Gasteiger partial charge in [0.1, 0.15) is 0 Å². The van der Waals surface area contributed by atoms with Gasteiger partial charge in [0, 0.05) is 29.6 Å². The zero-order valence-corrected chi connectivity index (χ0v) is 15.0. The molecule has 1 aromatic carbocycles. The van der Waals surface area contributed by atoms with E-state index in [1.54, 1.807) is 0 Å². The van der Waals surface area contributed by atoms with Gasteiger partial charge in [0.15, 0.2) is 23.1 Å². The summed E-state index contributed by atoms with van der Waals surface area (Å²) in [7, 11) is 0. The molecule has 1 aliphatic heterocycles. The van der Waals surface area contributed by atoms with E-state index in [0.29, 0.717) is 0 Å². The number of allylic oxidation sites excluding steroid dienone is 4. The van der Waals surface area contributed by atoms with Crippen molar-refractivity contribution in [3.05, 3.63) is 47.1 Å². The third-order valence-corrected chi connectivity index (χ3v) is 4.45. The van der Waals surface area contributed by atoms with Crippen molar-refractivity contribution in [3.8, 4) is 11.5 Å². The molecule has 0 atom stereocenters. The Labute approximate surface area is 164 Å². The van der Waals surface area contributed by atoms with Gasteiger partial charge < -0.3 is 9.47 Å². The second-order valence-corrected chi connectivity index (χ2v) is 6.61. The fourth-order valence-corrected chi connectivity index (χ4v) is 2.88. The van der Waals surface area contributed by atoms with Gasteiger partial charge in [-0.05, 0) is 37.1 Å². The first-order chi connectivity index (χ1) is 13.8. The molecule has 1 heterocycles. The number of rotatable bonds is 5. The summed E-state index contributed by atoms with van der Waals surface area (Å²) in [5.74, 6) is -2.88. The highest BCUT2D eigenvalue weighted by Crippen LogP contribution is 2.47. The topological polar surface area (TPSA) is 52.6 Å². The lowest BCUT2D eigenvalue weighted by Gasteiger charge is -2.31. The summed E-state index contributed by atoms with van der Waals surface area (Å²) in [5.41, 5.74) is -1.22. The SMILES string of the molecule is O=C(CCC(=O)c1ccc2c(c1)OC(F)(F)C(F)(F)O2)C1=CCCC(C(F)(F)F)=C1. The van der Waals surface area contributed by atoms with Gasteiger partial charge >= 0.3 is 18.4 Å². The van der Waals surface area contributed by atoms with Crippen LogP contribution in [0.15, 0.2) is 41.5 Å². The molecule has 1 aliphatic carbocycles. The number of carbonyl (C=O) groups excluding carboxylic acids is 2. The van der Waals surface area contributed by atoms with Crippen molar-refractivity contribution >= 4 is 11.6 Å². The highest BCUT2D eigenvalue weighted by molar-refractivity contribution is 6.03. The van der Waals surface area contributed by atoms with Gasteiger partial charge in [-0.1, -0.05) is 6.08 Å². The first-order valence-electron chi connectivity index (χ1n) is 8.62. The minimum atomic E-state index is -4.95. The minimum Gasteiger partial charge on any atom is -0.421 e. The van der Waals surface area contributed by atoms with Gasteiger partial charge in [-0.25, -0.2) is 0 Å². The maximum Gasteiger partial charge on any atom is 0.507 e. The maximum absolute atomic E-state index is 13.3. The average molecular weight is 438 g/mol. The molecule has 3 rings (SSSR count). The van der Waals surface area contributed by atoms with E-state index in [0.717, 1.165) is 24.3 Å². The number of benzene rings is 1. The largest absolute Gasteiger partial charge is 0.507 e. The molecule has 0 spiro atoms. The Morgan fingerprint density at radius 3 is 2.17 bits per heavy atom. The standard InChI is InChI=1S/C19H13F7O4/c20-17(21,22)12-3-1-2-10(8-12)13(27)5-6-14(28)11-4-7-15-16(9-11)30-19(25,26)18(23,24)29-15/h2,4,7-9H,1,3,5-6H2. The zero-order chi connectivity index (χ0) is 22.3. The third-order valence-electron chi connectivity index (χ3n) is 4.45. The van der Waals surface area contributed by atoms with E-state index < -0.39 is 59.9 Å². The second kappa shape index (κ2) is 7.44. The van der Waals surface area contributed by atoms with Crippen molar-refractivity contribution in [1.82, 2.24) is 0 Å². The molecule has 0 unspecified atom stereocenters. The van der Waals surface area contributed by atoms with E-state index in [2.05, 4.69) is 9.47 Å². The molecule has 2 aliphatic rings. The third kappa shape index (κ3) is 4.34. The first kappa shape index (κ1) is 21.8. The molecule has 0 amide bonds. The Hall–Kier alpha value is -2.85. The molecule has 30 heavy (non-hydrogen) atoms.